The number of carboxylic acids is 1. The predicted molar refractivity (Wildman–Crippen MR) is 85.1 cm³/mol. The van der Waals surface area contributed by atoms with Crippen LogP contribution in [-0.2, 0) is 4.79 Å². The lowest BCUT2D eigenvalue weighted by Gasteiger charge is -2.35. The summed E-state index contributed by atoms with van der Waals surface area (Å²) in [5, 5.41) is 9.11. The van der Waals surface area contributed by atoms with Crippen LogP contribution in [0, 0.1) is 5.92 Å². The van der Waals surface area contributed by atoms with Crippen LogP contribution in [0.1, 0.15) is 23.7 Å². The summed E-state index contributed by atoms with van der Waals surface area (Å²) in [6, 6.07) is 8.99. The van der Waals surface area contributed by atoms with Crippen molar-refractivity contribution in [3.8, 4) is 0 Å². The summed E-state index contributed by atoms with van der Waals surface area (Å²) in [4.78, 5) is 28.3. The number of hydrogen-bond donors (Lipinski definition) is 1. The fraction of sp³-hybridized carbons (Fsp3) is 0.529. The van der Waals surface area contributed by atoms with Gasteiger partial charge in [0.15, 0.2) is 5.78 Å². The van der Waals surface area contributed by atoms with Gasteiger partial charge in [-0.3, -0.25) is 9.59 Å². The first-order valence-electron chi connectivity index (χ1n) is 7.86. The highest BCUT2D eigenvalue weighted by Crippen LogP contribution is 2.16. The maximum Gasteiger partial charge on any atom is 0.304 e. The van der Waals surface area contributed by atoms with E-state index in [0.717, 1.165) is 32.7 Å². The Hall–Kier alpha value is -1.72. The molecule has 0 aliphatic carbocycles. The third-order valence-corrected chi connectivity index (χ3v) is 4.24. The largest absolute Gasteiger partial charge is 0.481 e. The number of rotatable bonds is 7. The highest BCUT2D eigenvalue weighted by Gasteiger charge is 2.26. The van der Waals surface area contributed by atoms with E-state index in [2.05, 4.69) is 16.7 Å². The van der Waals surface area contributed by atoms with Gasteiger partial charge in [0.2, 0.25) is 0 Å². The van der Waals surface area contributed by atoms with Crippen molar-refractivity contribution < 1.29 is 14.7 Å². The third kappa shape index (κ3) is 4.64. The first kappa shape index (κ1) is 16.6. The van der Waals surface area contributed by atoms with Crippen LogP contribution in [0.3, 0.4) is 0 Å². The van der Waals surface area contributed by atoms with Crippen LogP contribution < -0.4 is 0 Å². The lowest BCUT2D eigenvalue weighted by molar-refractivity contribution is -0.137. The van der Waals surface area contributed by atoms with E-state index >= 15 is 0 Å². The van der Waals surface area contributed by atoms with E-state index < -0.39 is 11.9 Å². The van der Waals surface area contributed by atoms with Crippen molar-refractivity contribution >= 4 is 11.8 Å². The van der Waals surface area contributed by atoms with E-state index in [4.69, 9.17) is 5.11 Å². The summed E-state index contributed by atoms with van der Waals surface area (Å²) in [7, 11) is 0. The van der Waals surface area contributed by atoms with E-state index in [0.29, 0.717) is 12.1 Å². The van der Waals surface area contributed by atoms with E-state index in [1.54, 1.807) is 12.1 Å². The normalized spacial score (nSPS) is 18.0. The van der Waals surface area contributed by atoms with Crippen molar-refractivity contribution in [2.45, 2.75) is 13.3 Å². The number of carboxylic acid groups (broad SMARTS) is 1. The molecule has 1 saturated heterocycles. The Labute approximate surface area is 131 Å². The summed E-state index contributed by atoms with van der Waals surface area (Å²) in [5.41, 5.74) is 0.598. The van der Waals surface area contributed by atoms with Crippen LogP contribution in [0.4, 0.5) is 0 Å². The number of benzene rings is 1. The average molecular weight is 304 g/mol. The van der Waals surface area contributed by atoms with Gasteiger partial charge < -0.3 is 14.9 Å². The van der Waals surface area contributed by atoms with Gasteiger partial charge in [-0.2, -0.15) is 0 Å². The first-order chi connectivity index (χ1) is 10.6. The van der Waals surface area contributed by atoms with Gasteiger partial charge in [0.1, 0.15) is 0 Å². The van der Waals surface area contributed by atoms with Gasteiger partial charge in [0, 0.05) is 44.2 Å². The number of likely N-dealkylation sites (N-methyl/N-ethyl adjacent to an activating group) is 1. The molecular formula is C17H24N2O3. The molecule has 22 heavy (non-hydrogen) atoms. The molecule has 0 radical (unpaired) electrons. The Kier molecular flexibility index (Phi) is 6.10. The number of carbonyl (C=O) groups is 2. The first-order valence-corrected chi connectivity index (χ1v) is 7.86. The predicted octanol–water partition coefficient (Wildman–Crippen LogP) is 1.60. The van der Waals surface area contributed by atoms with Gasteiger partial charge in [-0.05, 0) is 6.54 Å². The molecule has 1 atom stereocenters. The zero-order valence-electron chi connectivity index (χ0n) is 13.1. The van der Waals surface area contributed by atoms with Crippen molar-refractivity contribution in [3.05, 3.63) is 35.9 Å². The van der Waals surface area contributed by atoms with Gasteiger partial charge in [-0.25, -0.2) is 0 Å². The molecule has 1 fully saturated rings. The third-order valence-electron chi connectivity index (χ3n) is 4.24. The molecule has 1 aliphatic heterocycles. The van der Waals surface area contributed by atoms with Crippen LogP contribution >= 0.6 is 0 Å². The molecule has 0 aromatic heterocycles. The van der Waals surface area contributed by atoms with E-state index in [-0.39, 0.29) is 12.2 Å². The Balaban J connectivity index is 2.00. The molecule has 1 aromatic carbocycles. The monoisotopic (exact) mass is 304 g/mol. The highest BCUT2D eigenvalue weighted by molar-refractivity contribution is 5.99. The molecule has 1 N–H and O–H groups in total. The van der Waals surface area contributed by atoms with Crippen molar-refractivity contribution in [2.24, 2.45) is 5.92 Å². The van der Waals surface area contributed by atoms with E-state index in [1.807, 2.05) is 18.2 Å². The standard InChI is InChI=1S/C17H24N2O3/c1-2-18-8-10-19(11-9-18)13-15(12-16(20)21)17(22)14-6-4-3-5-7-14/h3-7,15H,2,8-13H2,1H3,(H,20,21). The van der Waals surface area contributed by atoms with Gasteiger partial charge in [0.25, 0.3) is 0 Å². The Morgan fingerprint density at radius 2 is 1.68 bits per heavy atom. The fourth-order valence-corrected chi connectivity index (χ4v) is 2.89. The van der Waals surface area contributed by atoms with E-state index in [1.165, 1.54) is 0 Å². The van der Waals surface area contributed by atoms with Crippen molar-refractivity contribution in [2.75, 3.05) is 39.3 Å². The molecule has 1 heterocycles. The molecule has 0 spiro atoms. The molecule has 5 nitrogen and oxygen atoms in total. The molecule has 0 saturated carbocycles. The van der Waals surface area contributed by atoms with Crippen LogP contribution in [0.25, 0.3) is 0 Å². The SMILES string of the molecule is CCN1CCN(CC(CC(=O)O)C(=O)c2ccccc2)CC1. The summed E-state index contributed by atoms with van der Waals surface area (Å²) >= 11 is 0. The smallest absolute Gasteiger partial charge is 0.304 e. The maximum atomic E-state index is 12.6. The van der Waals surface area contributed by atoms with Crippen molar-refractivity contribution in [3.63, 3.8) is 0 Å². The second-order valence-electron chi connectivity index (χ2n) is 5.76. The van der Waals surface area contributed by atoms with Gasteiger partial charge in [-0.15, -0.1) is 0 Å². The van der Waals surface area contributed by atoms with Crippen LogP contribution in [-0.4, -0.2) is 65.9 Å². The quantitative estimate of drug-likeness (QED) is 0.775. The molecular weight excluding hydrogens is 280 g/mol. The number of hydrogen-bond acceptors (Lipinski definition) is 4. The fourth-order valence-electron chi connectivity index (χ4n) is 2.89. The molecule has 0 amide bonds. The van der Waals surface area contributed by atoms with E-state index in [9.17, 15) is 9.59 Å². The number of piperazine rings is 1. The number of nitrogens with zero attached hydrogens (tertiary/aromatic N) is 2. The number of aliphatic carboxylic acids is 1. The summed E-state index contributed by atoms with van der Waals surface area (Å²) in [6.45, 7) is 7.46. The summed E-state index contributed by atoms with van der Waals surface area (Å²) in [6.07, 6.45) is -0.109. The topological polar surface area (TPSA) is 60.9 Å². The number of carbonyl (C=O) groups excluding carboxylic acids is 1. The second-order valence-corrected chi connectivity index (χ2v) is 5.76. The van der Waals surface area contributed by atoms with Gasteiger partial charge >= 0.3 is 5.97 Å². The van der Waals surface area contributed by atoms with Crippen molar-refractivity contribution in [1.82, 2.24) is 9.80 Å². The molecule has 120 valence electrons. The molecule has 1 aliphatic rings. The minimum atomic E-state index is -0.915. The number of ketones is 1. The van der Waals surface area contributed by atoms with Crippen LogP contribution in [0.5, 0.6) is 0 Å². The molecule has 0 bridgehead atoms. The maximum absolute atomic E-state index is 12.6. The lowest BCUT2D eigenvalue weighted by Crippen LogP contribution is -2.48. The highest BCUT2D eigenvalue weighted by atomic mass is 16.4. The Morgan fingerprint density at radius 1 is 1.09 bits per heavy atom. The molecule has 5 heteroatoms. The molecule has 1 aromatic rings. The summed E-state index contributed by atoms with van der Waals surface area (Å²) in [5.74, 6) is -1.46. The second kappa shape index (κ2) is 8.06. The minimum Gasteiger partial charge on any atom is -0.481 e. The van der Waals surface area contributed by atoms with Crippen molar-refractivity contribution in [1.29, 1.82) is 0 Å². The van der Waals surface area contributed by atoms with Gasteiger partial charge in [-0.1, -0.05) is 37.3 Å². The Bertz CT molecular complexity index is 496. The average Bonchev–Trinajstić information content (AvgIpc) is 2.54. The molecule has 1 unspecified atom stereocenters. The summed E-state index contributed by atoms with van der Waals surface area (Å²) < 4.78 is 0. The zero-order valence-corrected chi connectivity index (χ0v) is 13.1. The van der Waals surface area contributed by atoms with Gasteiger partial charge in [0.05, 0.1) is 6.42 Å². The van der Waals surface area contributed by atoms with Crippen LogP contribution in [0.15, 0.2) is 30.3 Å². The lowest BCUT2D eigenvalue weighted by atomic mass is 9.93. The molecule has 2 rings (SSSR count). The minimum absolute atomic E-state index is 0.0686. The zero-order chi connectivity index (χ0) is 15.9. The van der Waals surface area contributed by atoms with Crippen LogP contribution in [0.2, 0.25) is 0 Å². The number of Topliss-reactive ketones (excluding diaryl/α,β-unsaturated/α-hetero) is 1. The Morgan fingerprint density at radius 3 is 2.23 bits per heavy atom.